The fourth-order valence-corrected chi connectivity index (χ4v) is 2.14. The fraction of sp³-hybridized carbons (Fsp3) is 0.692. The highest BCUT2D eigenvalue weighted by atomic mass is 16.5. The number of aliphatic hydroxyl groups excluding tert-OH is 2. The second-order valence-electron chi connectivity index (χ2n) is 4.83. The van der Waals surface area contributed by atoms with Crippen molar-refractivity contribution in [1.82, 2.24) is 9.97 Å². The molecular formula is C13H22N4O3. The second-order valence-corrected chi connectivity index (χ2v) is 4.83. The van der Waals surface area contributed by atoms with E-state index in [9.17, 15) is 0 Å². The molecule has 0 bridgehead atoms. The average molecular weight is 282 g/mol. The van der Waals surface area contributed by atoms with Crippen molar-refractivity contribution < 1.29 is 14.9 Å². The molecule has 2 heterocycles. The zero-order valence-corrected chi connectivity index (χ0v) is 11.7. The zero-order chi connectivity index (χ0) is 14.4. The molecule has 2 rings (SSSR count). The van der Waals surface area contributed by atoms with Gasteiger partial charge in [-0.2, -0.15) is 4.98 Å². The van der Waals surface area contributed by atoms with Crippen LogP contribution in [0.1, 0.15) is 18.0 Å². The molecule has 1 fully saturated rings. The molecule has 0 radical (unpaired) electrons. The van der Waals surface area contributed by atoms with Gasteiger partial charge in [0.15, 0.2) is 0 Å². The van der Waals surface area contributed by atoms with Gasteiger partial charge in [0.2, 0.25) is 5.95 Å². The number of hydrogen-bond donors (Lipinski definition) is 3. The molecule has 1 aliphatic rings. The van der Waals surface area contributed by atoms with Crippen LogP contribution in [-0.4, -0.2) is 66.7 Å². The van der Waals surface area contributed by atoms with E-state index in [1.807, 2.05) is 18.0 Å². The number of ether oxygens (including phenoxy) is 1. The Morgan fingerprint density at radius 2 is 2.25 bits per heavy atom. The van der Waals surface area contributed by atoms with Crippen molar-refractivity contribution in [3.8, 4) is 0 Å². The third kappa shape index (κ3) is 3.78. The molecule has 1 aromatic heterocycles. The van der Waals surface area contributed by atoms with Crippen molar-refractivity contribution in [3.63, 3.8) is 0 Å². The Morgan fingerprint density at radius 1 is 1.40 bits per heavy atom. The van der Waals surface area contributed by atoms with Gasteiger partial charge in [0.05, 0.1) is 25.5 Å². The number of likely N-dealkylation sites (N-methyl/N-ethyl adjacent to an activating group) is 1. The summed E-state index contributed by atoms with van der Waals surface area (Å²) in [5, 5.41) is 20.9. The molecule has 1 aromatic rings. The molecule has 0 aromatic carbocycles. The van der Waals surface area contributed by atoms with Gasteiger partial charge >= 0.3 is 0 Å². The summed E-state index contributed by atoms with van der Waals surface area (Å²) >= 11 is 0. The lowest BCUT2D eigenvalue weighted by atomic mass is 10.0. The van der Waals surface area contributed by atoms with Crippen LogP contribution in [0.5, 0.6) is 0 Å². The van der Waals surface area contributed by atoms with Crippen LogP contribution >= 0.6 is 0 Å². The Kier molecular flexibility index (Phi) is 5.51. The molecule has 0 aliphatic carbocycles. The number of hydrogen-bond acceptors (Lipinski definition) is 7. The molecule has 1 aliphatic heterocycles. The number of nitrogens with zero attached hydrogens (tertiary/aromatic N) is 3. The lowest BCUT2D eigenvalue weighted by Crippen LogP contribution is -2.23. The molecule has 1 saturated heterocycles. The van der Waals surface area contributed by atoms with Crippen LogP contribution in [0, 0.1) is 0 Å². The van der Waals surface area contributed by atoms with Crippen molar-refractivity contribution in [3.05, 3.63) is 11.8 Å². The van der Waals surface area contributed by atoms with E-state index in [1.54, 1.807) is 0 Å². The molecule has 0 amide bonds. The number of rotatable bonds is 7. The number of anilines is 2. The highest BCUT2D eigenvalue weighted by molar-refractivity contribution is 5.45. The maximum absolute atomic E-state index is 9.04. The Bertz CT molecular complexity index is 424. The molecular weight excluding hydrogens is 260 g/mol. The van der Waals surface area contributed by atoms with Crippen LogP contribution in [0.3, 0.4) is 0 Å². The van der Waals surface area contributed by atoms with Crippen LogP contribution in [0.4, 0.5) is 11.8 Å². The van der Waals surface area contributed by atoms with E-state index in [0.29, 0.717) is 25.6 Å². The summed E-state index contributed by atoms with van der Waals surface area (Å²) in [6.45, 7) is 2.46. The van der Waals surface area contributed by atoms with E-state index in [2.05, 4.69) is 15.3 Å². The highest BCUT2D eigenvalue weighted by Crippen LogP contribution is 2.26. The molecule has 0 unspecified atom stereocenters. The summed E-state index contributed by atoms with van der Waals surface area (Å²) in [5.74, 6) is 1.55. The molecule has 7 heteroatoms. The summed E-state index contributed by atoms with van der Waals surface area (Å²) in [7, 11) is 1.88. The lowest BCUT2D eigenvalue weighted by Gasteiger charge is -2.19. The summed E-state index contributed by atoms with van der Waals surface area (Å²) in [6.07, 6.45) is 0.958. The first-order valence-electron chi connectivity index (χ1n) is 6.88. The minimum atomic E-state index is 0.0297. The molecule has 20 heavy (non-hydrogen) atoms. The largest absolute Gasteiger partial charge is 0.395 e. The number of aromatic nitrogens is 2. The second kappa shape index (κ2) is 7.37. The molecule has 112 valence electrons. The van der Waals surface area contributed by atoms with E-state index >= 15 is 0 Å². The van der Waals surface area contributed by atoms with Gasteiger partial charge in [-0.25, -0.2) is 4.98 Å². The third-order valence-corrected chi connectivity index (χ3v) is 3.30. The predicted octanol–water partition coefficient (Wildman–Crippen LogP) is -0.187. The maximum atomic E-state index is 9.04. The van der Waals surface area contributed by atoms with Crippen molar-refractivity contribution in [2.75, 3.05) is 56.8 Å². The fourth-order valence-electron chi connectivity index (χ4n) is 2.14. The van der Waals surface area contributed by atoms with Crippen LogP contribution in [0.15, 0.2) is 6.07 Å². The number of aliphatic hydroxyl groups is 2. The van der Waals surface area contributed by atoms with E-state index in [1.165, 1.54) is 0 Å². The van der Waals surface area contributed by atoms with Crippen LogP contribution in [-0.2, 0) is 4.74 Å². The first-order valence-corrected chi connectivity index (χ1v) is 6.88. The van der Waals surface area contributed by atoms with Gasteiger partial charge in [0.1, 0.15) is 5.82 Å². The normalized spacial score (nSPS) is 18.2. The minimum absolute atomic E-state index is 0.0297. The van der Waals surface area contributed by atoms with Crippen LogP contribution in [0.2, 0.25) is 0 Å². The molecule has 7 nitrogen and oxygen atoms in total. The highest BCUT2D eigenvalue weighted by Gasteiger charge is 2.21. The van der Waals surface area contributed by atoms with Crippen molar-refractivity contribution in [1.29, 1.82) is 0 Å². The minimum Gasteiger partial charge on any atom is -0.395 e. The quantitative estimate of drug-likeness (QED) is 0.638. The topological polar surface area (TPSA) is 90.7 Å². The van der Waals surface area contributed by atoms with Crippen molar-refractivity contribution in [2.24, 2.45) is 0 Å². The average Bonchev–Trinajstić information content (AvgIpc) is 2.99. The van der Waals surface area contributed by atoms with Crippen LogP contribution < -0.4 is 10.2 Å². The first kappa shape index (κ1) is 15.0. The van der Waals surface area contributed by atoms with Gasteiger partial charge in [0.25, 0.3) is 0 Å². The molecule has 3 N–H and O–H groups in total. The van der Waals surface area contributed by atoms with Crippen LogP contribution in [0.25, 0.3) is 0 Å². The van der Waals surface area contributed by atoms with E-state index in [0.717, 1.165) is 24.5 Å². The van der Waals surface area contributed by atoms with Gasteiger partial charge in [-0.3, -0.25) is 0 Å². The SMILES string of the molecule is CN(CCO)c1cc([C@@H]2CCOC2)nc(NCCO)n1. The van der Waals surface area contributed by atoms with Crippen molar-refractivity contribution >= 4 is 11.8 Å². The summed E-state index contributed by atoms with van der Waals surface area (Å²) in [5.41, 5.74) is 0.942. The first-order chi connectivity index (χ1) is 9.74. The molecule has 0 spiro atoms. The van der Waals surface area contributed by atoms with Crippen molar-refractivity contribution in [2.45, 2.75) is 12.3 Å². The zero-order valence-electron chi connectivity index (χ0n) is 11.7. The Hall–Kier alpha value is -1.44. The Morgan fingerprint density at radius 3 is 2.90 bits per heavy atom. The lowest BCUT2D eigenvalue weighted by molar-refractivity contribution is 0.193. The van der Waals surface area contributed by atoms with Gasteiger partial charge in [-0.1, -0.05) is 0 Å². The van der Waals surface area contributed by atoms with Gasteiger partial charge in [0, 0.05) is 38.7 Å². The van der Waals surface area contributed by atoms with Gasteiger partial charge in [-0.05, 0) is 6.42 Å². The van der Waals surface area contributed by atoms with E-state index in [4.69, 9.17) is 14.9 Å². The number of nitrogens with one attached hydrogen (secondary N) is 1. The monoisotopic (exact) mass is 282 g/mol. The standard InChI is InChI=1S/C13H22N4O3/c1-17(4-6-19)12-8-11(10-2-7-20-9-10)15-13(16-12)14-3-5-18/h8,10,18-19H,2-7,9H2,1H3,(H,14,15,16)/t10-/m1/s1. The maximum Gasteiger partial charge on any atom is 0.224 e. The summed E-state index contributed by atoms with van der Waals surface area (Å²) < 4.78 is 5.41. The summed E-state index contributed by atoms with van der Waals surface area (Å²) in [6, 6.07) is 1.94. The summed E-state index contributed by atoms with van der Waals surface area (Å²) in [4.78, 5) is 10.8. The Labute approximate surface area is 118 Å². The third-order valence-electron chi connectivity index (χ3n) is 3.30. The van der Waals surface area contributed by atoms with Gasteiger partial charge < -0.3 is 25.2 Å². The molecule has 0 saturated carbocycles. The smallest absolute Gasteiger partial charge is 0.224 e. The van der Waals surface area contributed by atoms with E-state index in [-0.39, 0.29) is 19.1 Å². The van der Waals surface area contributed by atoms with Gasteiger partial charge in [-0.15, -0.1) is 0 Å². The molecule has 1 atom stereocenters. The van der Waals surface area contributed by atoms with E-state index < -0.39 is 0 Å². The Balaban J connectivity index is 2.22. The predicted molar refractivity (Wildman–Crippen MR) is 76.1 cm³/mol.